The maximum Gasteiger partial charge on any atom is 0.349 e. The zero-order valence-corrected chi connectivity index (χ0v) is 20.3. The van der Waals surface area contributed by atoms with Crippen LogP contribution in [0.1, 0.15) is 64.5 Å². The van der Waals surface area contributed by atoms with Gasteiger partial charge in [-0.05, 0) is 59.2 Å². The average molecular weight is 470 g/mol. The lowest BCUT2D eigenvalue weighted by atomic mass is 10.1. The Hall–Kier alpha value is -3.46. The van der Waals surface area contributed by atoms with E-state index < -0.39 is 17.5 Å². The predicted molar refractivity (Wildman–Crippen MR) is 129 cm³/mol. The van der Waals surface area contributed by atoms with Crippen LogP contribution in [0.2, 0.25) is 0 Å². The van der Waals surface area contributed by atoms with E-state index in [2.05, 4.69) is 10.1 Å². The molecule has 0 spiro atoms. The van der Waals surface area contributed by atoms with Crippen molar-refractivity contribution in [3.8, 4) is 5.69 Å². The van der Waals surface area contributed by atoms with Gasteiger partial charge in [0.2, 0.25) is 0 Å². The zero-order valence-electron chi connectivity index (χ0n) is 19.5. The molecule has 2 heterocycles. The number of carbonyl (C=O) groups excluding carboxylic acids is 2. The van der Waals surface area contributed by atoms with Crippen LogP contribution in [-0.2, 0) is 9.47 Å². The van der Waals surface area contributed by atoms with Gasteiger partial charge in [0, 0.05) is 11.9 Å². The Morgan fingerprint density at radius 3 is 2.42 bits per heavy atom. The summed E-state index contributed by atoms with van der Waals surface area (Å²) in [4.78, 5) is 43.0. The maximum atomic E-state index is 12.9. The number of benzene rings is 1. The molecule has 3 aromatic rings. The van der Waals surface area contributed by atoms with Gasteiger partial charge >= 0.3 is 11.9 Å². The van der Waals surface area contributed by atoms with E-state index in [-0.39, 0.29) is 27.6 Å². The van der Waals surface area contributed by atoms with E-state index in [9.17, 15) is 14.4 Å². The van der Waals surface area contributed by atoms with Crippen molar-refractivity contribution < 1.29 is 19.1 Å². The zero-order chi connectivity index (χ0) is 24.3. The Kier molecular flexibility index (Phi) is 7.02. The number of thiophene rings is 1. The number of aromatic amines is 1. The molecule has 0 aliphatic rings. The summed E-state index contributed by atoms with van der Waals surface area (Å²) in [5.74, 6) is -1.12. The van der Waals surface area contributed by atoms with Gasteiger partial charge in [0.25, 0.3) is 5.56 Å². The monoisotopic (exact) mass is 469 g/mol. The van der Waals surface area contributed by atoms with Crippen LogP contribution >= 0.6 is 11.3 Å². The van der Waals surface area contributed by atoms with Gasteiger partial charge in [0.15, 0.2) is 0 Å². The summed E-state index contributed by atoms with van der Waals surface area (Å²) in [5.41, 5.74) is 1.32. The first kappa shape index (κ1) is 24.2. The molecule has 0 atom stereocenters. The molecule has 0 saturated heterocycles. The number of carbonyl (C=O) groups is 2. The van der Waals surface area contributed by atoms with Gasteiger partial charge in [-0.1, -0.05) is 18.2 Å². The Balaban J connectivity index is 2.05. The van der Waals surface area contributed by atoms with Gasteiger partial charge in [-0.2, -0.15) is 0 Å². The minimum Gasteiger partial charge on any atom is -0.462 e. The summed E-state index contributed by atoms with van der Waals surface area (Å²) >= 11 is 1.03. The van der Waals surface area contributed by atoms with Crippen molar-refractivity contribution in [2.75, 3.05) is 6.61 Å². The summed E-state index contributed by atoms with van der Waals surface area (Å²) in [6.45, 7) is 10.6. The topological polar surface area (TPSA) is 103 Å². The molecule has 0 fully saturated rings. The van der Waals surface area contributed by atoms with Crippen LogP contribution in [0.4, 0.5) is 5.00 Å². The van der Waals surface area contributed by atoms with Crippen molar-refractivity contribution in [1.82, 2.24) is 9.78 Å². The summed E-state index contributed by atoms with van der Waals surface area (Å²) < 4.78 is 12.1. The molecular weight excluding hydrogens is 442 g/mol. The minimum absolute atomic E-state index is 0.178. The quantitative estimate of drug-likeness (QED) is 0.415. The lowest BCUT2D eigenvalue weighted by molar-refractivity contribution is 0.00745. The van der Waals surface area contributed by atoms with E-state index in [0.29, 0.717) is 22.5 Å². The van der Waals surface area contributed by atoms with Crippen molar-refractivity contribution >= 4 is 34.5 Å². The first-order chi connectivity index (χ1) is 15.5. The fourth-order valence-corrected chi connectivity index (χ4v) is 4.16. The number of aromatic nitrogens is 2. The van der Waals surface area contributed by atoms with E-state index in [1.165, 1.54) is 10.9 Å². The van der Waals surface area contributed by atoms with Crippen molar-refractivity contribution in [2.45, 2.75) is 47.1 Å². The fraction of sp³-hybridized carbons (Fsp3) is 0.333. The van der Waals surface area contributed by atoms with Crippen LogP contribution in [0.5, 0.6) is 0 Å². The molecular formula is C24H27N3O5S. The maximum absolute atomic E-state index is 12.9. The normalized spacial score (nSPS) is 11.7. The SMILES string of the molecule is CCOC(=O)c1c(/N=C/c2c(C)[nH]n(-c3ccccc3)c2=O)sc(C(=O)OC(C)(C)C)c1C. The molecule has 3 rings (SSSR count). The van der Waals surface area contributed by atoms with Crippen molar-refractivity contribution in [1.29, 1.82) is 0 Å². The molecule has 8 nitrogen and oxygen atoms in total. The Morgan fingerprint density at radius 2 is 1.82 bits per heavy atom. The largest absolute Gasteiger partial charge is 0.462 e. The first-order valence-corrected chi connectivity index (χ1v) is 11.3. The number of H-pyrrole nitrogens is 1. The number of nitrogens with zero attached hydrogens (tertiary/aromatic N) is 2. The molecule has 174 valence electrons. The van der Waals surface area contributed by atoms with Crippen LogP contribution in [-0.4, -0.2) is 40.1 Å². The number of aliphatic imine (C=N–C) groups is 1. The second kappa shape index (κ2) is 9.58. The van der Waals surface area contributed by atoms with E-state index in [4.69, 9.17) is 9.47 Å². The molecule has 0 aliphatic heterocycles. The number of ether oxygens (including phenoxy) is 2. The molecule has 0 amide bonds. The third-order valence-corrected chi connectivity index (χ3v) is 5.81. The molecule has 0 bridgehead atoms. The number of esters is 2. The predicted octanol–water partition coefficient (Wildman–Crippen LogP) is 4.73. The second-order valence-corrected chi connectivity index (χ2v) is 9.34. The average Bonchev–Trinajstić information content (AvgIpc) is 3.22. The molecule has 0 unspecified atom stereocenters. The van der Waals surface area contributed by atoms with Gasteiger partial charge in [0.05, 0.1) is 17.9 Å². The summed E-state index contributed by atoms with van der Waals surface area (Å²) in [6.07, 6.45) is 1.40. The lowest BCUT2D eigenvalue weighted by Gasteiger charge is -2.19. The standard InChI is InChI=1S/C24H27N3O5S/c1-7-31-22(29)18-14(2)19(23(30)32-24(4,5)6)33-20(18)25-13-17-15(3)26-27(21(17)28)16-11-9-8-10-12-16/h8-13,26H,7H2,1-6H3/b25-13+. The Labute approximate surface area is 195 Å². The highest BCUT2D eigenvalue weighted by atomic mass is 32.1. The number of aryl methyl sites for hydroxylation is 1. The minimum atomic E-state index is -0.689. The van der Waals surface area contributed by atoms with Crippen molar-refractivity contribution in [3.05, 3.63) is 67.9 Å². The van der Waals surface area contributed by atoms with E-state index in [1.54, 1.807) is 41.5 Å². The molecule has 0 aliphatic carbocycles. The second-order valence-electron chi connectivity index (χ2n) is 8.34. The molecule has 0 saturated carbocycles. The molecule has 1 aromatic carbocycles. The van der Waals surface area contributed by atoms with E-state index >= 15 is 0 Å². The highest BCUT2D eigenvalue weighted by molar-refractivity contribution is 7.18. The third-order valence-electron chi connectivity index (χ3n) is 4.63. The Morgan fingerprint density at radius 1 is 1.15 bits per heavy atom. The number of hydrogen-bond donors (Lipinski definition) is 1. The highest BCUT2D eigenvalue weighted by Gasteiger charge is 2.28. The van der Waals surface area contributed by atoms with Crippen LogP contribution in [0.25, 0.3) is 5.69 Å². The van der Waals surface area contributed by atoms with E-state index in [1.807, 2.05) is 30.3 Å². The van der Waals surface area contributed by atoms with Crippen LogP contribution < -0.4 is 5.56 Å². The Bertz CT molecular complexity index is 1260. The summed E-state index contributed by atoms with van der Waals surface area (Å²) in [6, 6.07) is 9.17. The van der Waals surface area contributed by atoms with Gasteiger partial charge in [-0.15, -0.1) is 11.3 Å². The number of rotatable bonds is 6. The molecule has 2 aromatic heterocycles. The van der Waals surface area contributed by atoms with Crippen molar-refractivity contribution in [2.24, 2.45) is 4.99 Å². The van der Waals surface area contributed by atoms with Gasteiger partial charge < -0.3 is 9.47 Å². The van der Waals surface area contributed by atoms with Gasteiger partial charge in [-0.25, -0.2) is 19.3 Å². The summed E-state index contributed by atoms with van der Waals surface area (Å²) in [7, 11) is 0. The van der Waals surface area contributed by atoms with Gasteiger partial charge in [-0.3, -0.25) is 9.89 Å². The van der Waals surface area contributed by atoms with E-state index in [0.717, 1.165) is 11.3 Å². The smallest absolute Gasteiger partial charge is 0.349 e. The highest BCUT2D eigenvalue weighted by Crippen LogP contribution is 2.37. The van der Waals surface area contributed by atoms with Crippen LogP contribution in [0.15, 0.2) is 40.1 Å². The van der Waals surface area contributed by atoms with Crippen LogP contribution in [0, 0.1) is 13.8 Å². The number of para-hydroxylation sites is 1. The van der Waals surface area contributed by atoms with Crippen LogP contribution in [0.3, 0.4) is 0 Å². The molecule has 0 radical (unpaired) electrons. The molecule has 33 heavy (non-hydrogen) atoms. The first-order valence-electron chi connectivity index (χ1n) is 10.5. The lowest BCUT2D eigenvalue weighted by Crippen LogP contribution is -2.23. The van der Waals surface area contributed by atoms with Crippen molar-refractivity contribution in [3.63, 3.8) is 0 Å². The molecule has 9 heteroatoms. The van der Waals surface area contributed by atoms with Gasteiger partial charge in [0.1, 0.15) is 21.0 Å². The number of hydrogen-bond acceptors (Lipinski definition) is 7. The third kappa shape index (κ3) is 5.31. The molecule has 1 N–H and O–H groups in total. The number of nitrogens with one attached hydrogen (secondary N) is 1. The fourth-order valence-electron chi connectivity index (χ4n) is 3.15. The summed E-state index contributed by atoms with van der Waals surface area (Å²) in [5, 5.41) is 3.31.